The molecular weight excluding hydrogens is 284 g/mol. The predicted molar refractivity (Wildman–Crippen MR) is 86.5 cm³/mol. The van der Waals surface area contributed by atoms with Gasteiger partial charge in [0.15, 0.2) is 0 Å². The second-order valence-corrected chi connectivity index (χ2v) is 4.93. The third kappa shape index (κ3) is 4.09. The Bertz CT molecular complexity index is 729. The van der Waals surface area contributed by atoms with Crippen LogP contribution in [-0.4, -0.2) is 12.5 Å². The monoisotopic (exact) mass is 298 g/mol. The molecule has 0 heterocycles. The van der Waals surface area contributed by atoms with Gasteiger partial charge in [-0.05, 0) is 42.8 Å². The molecule has 0 unspecified atom stereocenters. The first-order chi connectivity index (χ1) is 10.1. The number of aryl methyl sites for hydroxylation is 1. The Hall–Kier alpha value is -2.28. The van der Waals surface area contributed by atoms with Crippen LogP contribution in [0.5, 0.6) is 0 Å². The topological polar surface area (TPSA) is 55.1 Å². The van der Waals surface area contributed by atoms with Crippen LogP contribution in [0.25, 0.3) is 0 Å². The second kappa shape index (κ2) is 6.94. The van der Waals surface area contributed by atoms with Crippen LogP contribution in [0.15, 0.2) is 42.5 Å². The molecule has 2 rings (SSSR count). The molecule has 0 aliphatic carbocycles. The Balaban J connectivity index is 2.27. The van der Waals surface area contributed by atoms with Crippen LogP contribution in [-0.2, 0) is 0 Å². The molecule has 2 aromatic carbocycles. The van der Waals surface area contributed by atoms with Crippen molar-refractivity contribution >= 4 is 23.2 Å². The van der Waals surface area contributed by atoms with Crippen LogP contribution >= 0.6 is 11.6 Å². The largest absolute Gasteiger partial charge is 0.321 e. The molecule has 0 saturated carbocycles. The van der Waals surface area contributed by atoms with E-state index in [1.165, 1.54) is 0 Å². The lowest BCUT2D eigenvalue weighted by atomic mass is 10.1. The molecule has 0 aliphatic heterocycles. The summed E-state index contributed by atoms with van der Waals surface area (Å²) >= 11 is 6.04. The van der Waals surface area contributed by atoms with E-state index in [1.54, 1.807) is 24.3 Å². The van der Waals surface area contributed by atoms with Crippen molar-refractivity contribution in [2.45, 2.75) is 6.92 Å². The molecule has 4 heteroatoms. The maximum Gasteiger partial charge on any atom is 0.255 e. The average Bonchev–Trinajstić information content (AvgIpc) is 2.47. The first-order valence-corrected chi connectivity index (χ1v) is 6.84. The molecule has 0 fully saturated rings. The van der Waals surface area contributed by atoms with E-state index < -0.39 is 0 Å². The van der Waals surface area contributed by atoms with Crippen molar-refractivity contribution in [2.75, 3.05) is 11.9 Å². The van der Waals surface area contributed by atoms with Crippen molar-refractivity contribution in [1.82, 2.24) is 0 Å². The number of hydrogen-bond donors (Lipinski definition) is 2. The van der Waals surface area contributed by atoms with Crippen molar-refractivity contribution in [3.05, 3.63) is 64.2 Å². The van der Waals surface area contributed by atoms with Crippen molar-refractivity contribution < 1.29 is 4.79 Å². The predicted octanol–water partition coefficient (Wildman–Crippen LogP) is 3.21. The van der Waals surface area contributed by atoms with Gasteiger partial charge in [-0.15, -0.1) is 0 Å². The van der Waals surface area contributed by atoms with E-state index in [0.29, 0.717) is 16.3 Å². The van der Waals surface area contributed by atoms with Crippen molar-refractivity contribution in [3.63, 3.8) is 0 Å². The normalized spacial score (nSPS) is 9.67. The first-order valence-electron chi connectivity index (χ1n) is 6.46. The molecule has 106 valence electrons. The zero-order chi connectivity index (χ0) is 15.2. The van der Waals surface area contributed by atoms with Crippen LogP contribution in [0.4, 0.5) is 5.69 Å². The fourth-order valence-electron chi connectivity index (χ4n) is 1.90. The summed E-state index contributed by atoms with van der Waals surface area (Å²) in [7, 11) is 0. The fraction of sp³-hybridized carbons (Fsp3) is 0.118. The summed E-state index contributed by atoms with van der Waals surface area (Å²) in [5.74, 6) is 5.50. The number of carbonyl (C=O) groups excluding carboxylic acids is 1. The molecule has 0 atom stereocenters. The Morgan fingerprint density at radius 2 is 2.05 bits per heavy atom. The summed E-state index contributed by atoms with van der Waals surface area (Å²) < 4.78 is 0. The number of nitrogens with two attached hydrogens (primary N) is 1. The number of nitrogens with one attached hydrogen (secondary N) is 1. The molecule has 21 heavy (non-hydrogen) atoms. The molecule has 0 aromatic heterocycles. The van der Waals surface area contributed by atoms with Gasteiger partial charge in [-0.3, -0.25) is 4.79 Å². The fourth-order valence-corrected chi connectivity index (χ4v) is 2.08. The zero-order valence-electron chi connectivity index (χ0n) is 11.6. The van der Waals surface area contributed by atoms with Gasteiger partial charge in [0.25, 0.3) is 5.91 Å². The second-order valence-electron chi connectivity index (χ2n) is 4.53. The van der Waals surface area contributed by atoms with Crippen LogP contribution < -0.4 is 11.1 Å². The summed E-state index contributed by atoms with van der Waals surface area (Å²) in [6, 6.07) is 12.6. The highest BCUT2D eigenvalue weighted by molar-refractivity contribution is 6.33. The number of benzene rings is 2. The van der Waals surface area contributed by atoms with Gasteiger partial charge in [-0.25, -0.2) is 0 Å². The molecule has 1 amide bonds. The van der Waals surface area contributed by atoms with Crippen LogP contribution in [0.2, 0.25) is 5.02 Å². The number of anilines is 1. The molecule has 3 N–H and O–H groups in total. The Labute approximate surface area is 129 Å². The number of carbonyl (C=O) groups is 1. The summed E-state index contributed by atoms with van der Waals surface area (Å²) in [4.78, 5) is 12.3. The minimum absolute atomic E-state index is 0.220. The number of halogens is 1. The van der Waals surface area contributed by atoms with E-state index in [-0.39, 0.29) is 12.5 Å². The molecule has 0 spiro atoms. The standard InChI is InChI=1S/C17H15ClN2O/c1-12-9-13(5-4-8-19)11-14(10-12)17(21)20-16-7-3-2-6-15(16)18/h2-3,6-7,9-11H,8,19H2,1H3,(H,20,21). The number of para-hydroxylation sites is 1. The van der Waals surface area contributed by atoms with Gasteiger partial charge in [0.05, 0.1) is 17.3 Å². The van der Waals surface area contributed by atoms with E-state index in [0.717, 1.165) is 11.1 Å². The molecule has 0 saturated heterocycles. The highest BCUT2D eigenvalue weighted by Crippen LogP contribution is 2.21. The molecule has 0 radical (unpaired) electrons. The van der Waals surface area contributed by atoms with Crippen molar-refractivity contribution in [3.8, 4) is 11.8 Å². The lowest BCUT2D eigenvalue weighted by molar-refractivity contribution is 0.102. The van der Waals surface area contributed by atoms with E-state index in [9.17, 15) is 4.79 Å². The summed E-state index contributed by atoms with van der Waals surface area (Å²) in [5, 5.41) is 3.29. The number of hydrogen-bond acceptors (Lipinski definition) is 2. The Morgan fingerprint density at radius 1 is 1.29 bits per heavy atom. The van der Waals surface area contributed by atoms with E-state index in [2.05, 4.69) is 17.2 Å². The summed E-state index contributed by atoms with van der Waals surface area (Å²) in [6.07, 6.45) is 0. The summed E-state index contributed by atoms with van der Waals surface area (Å²) in [5.41, 5.74) is 8.21. The van der Waals surface area contributed by atoms with E-state index >= 15 is 0 Å². The van der Waals surface area contributed by atoms with Crippen LogP contribution in [0.1, 0.15) is 21.5 Å². The zero-order valence-corrected chi connectivity index (χ0v) is 12.4. The van der Waals surface area contributed by atoms with Gasteiger partial charge >= 0.3 is 0 Å². The van der Waals surface area contributed by atoms with Crippen molar-refractivity contribution in [2.24, 2.45) is 5.73 Å². The van der Waals surface area contributed by atoms with Crippen LogP contribution in [0, 0.1) is 18.8 Å². The van der Waals surface area contributed by atoms with E-state index in [4.69, 9.17) is 17.3 Å². The minimum Gasteiger partial charge on any atom is -0.321 e. The van der Waals surface area contributed by atoms with Crippen LogP contribution in [0.3, 0.4) is 0 Å². The minimum atomic E-state index is -0.220. The maximum atomic E-state index is 12.3. The number of rotatable bonds is 2. The van der Waals surface area contributed by atoms with Gasteiger partial charge in [-0.1, -0.05) is 35.6 Å². The SMILES string of the molecule is Cc1cc(C#CCN)cc(C(=O)Nc2ccccc2Cl)c1. The maximum absolute atomic E-state index is 12.3. The van der Waals surface area contributed by atoms with Gasteiger partial charge in [0.2, 0.25) is 0 Å². The quantitative estimate of drug-likeness (QED) is 0.837. The highest BCUT2D eigenvalue weighted by Gasteiger charge is 2.09. The lowest BCUT2D eigenvalue weighted by Gasteiger charge is -2.08. The average molecular weight is 299 g/mol. The summed E-state index contributed by atoms with van der Waals surface area (Å²) in [6.45, 7) is 2.20. The molecule has 2 aromatic rings. The van der Waals surface area contributed by atoms with Gasteiger partial charge in [0.1, 0.15) is 0 Å². The number of amides is 1. The third-order valence-corrected chi connectivity index (χ3v) is 3.13. The Morgan fingerprint density at radius 3 is 2.76 bits per heavy atom. The molecule has 3 nitrogen and oxygen atoms in total. The van der Waals surface area contributed by atoms with E-state index in [1.807, 2.05) is 25.1 Å². The highest BCUT2D eigenvalue weighted by atomic mass is 35.5. The molecular formula is C17H15ClN2O. The Kier molecular flexibility index (Phi) is 4.99. The van der Waals surface area contributed by atoms with Gasteiger partial charge in [-0.2, -0.15) is 0 Å². The smallest absolute Gasteiger partial charge is 0.255 e. The lowest BCUT2D eigenvalue weighted by Crippen LogP contribution is -2.12. The molecule has 0 bridgehead atoms. The van der Waals surface area contributed by atoms with Crippen molar-refractivity contribution in [1.29, 1.82) is 0 Å². The first kappa shape index (κ1) is 15.1. The van der Waals surface area contributed by atoms with Gasteiger partial charge < -0.3 is 11.1 Å². The van der Waals surface area contributed by atoms with Gasteiger partial charge in [0, 0.05) is 11.1 Å². The third-order valence-electron chi connectivity index (χ3n) is 2.80. The molecule has 0 aliphatic rings.